The Bertz CT molecular complexity index is 693. The molecule has 106 valence electrons. The van der Waals surface area contributed by atoms with Gasteiger partial charge in [-0.2, -0.15) is 5.26 Å². The van der Waals surface area contributed by atoms with Crippen LogP contribution in [-0.4, -0.2) is 6.03 Å². The van der Waals surface area contributed by atoms with Gasteiger partial charge in [0.25, 0.3) is 0 Å². The van der Waals surface area contributed by atoms with Crippen molar-refractivity contribution in [2.45, 2.75) is 6.54 Å². The lowest BCUT2D eigenvalue weighted by Gasteiger charge is -2.08. The van der Waals surface area contributed by atoms with Crippen molar-refractivity contribution in [3.63, 3.8) is 0 Å². The van der Waals surface area contributed by atoms with Gasteiger partial charge in [-0.05, 0) is 30.3 Å². The van der Waals surface area contributed by atoms with E-state index in [0.29, 0.717) is 11.3 Å². The molecule has 0 fully saturated rings. The third-order valence-corrected chi connectivity index (χ3v) is 2.73. The molecule has 21 heavy (non-hydrogen) atoms. The van der Waals surface area contributed by atoms with Crippen molar-refractivity contribution >= 4 is 11.7 Å². The van der Waals surface area contributed by atoms with Crippen molar-refractivity contribution in [1.29, 1.82) is 5.26 Å². The van der Waals surface area contributed by atoms with E-state index >= 15 is 0 Å². The molecule has 0 aliphatic heterocycles. The maximum absolute atomic E-state index is 13.4. The van der Waals surface area contributed by atoms with Crippen molar-refractivity contribution < 1.29 is 13.6 Å². The number of halogens is 2. The molecule has 2 aromatic carbocycles. The Kier molecular flexibility index (Phi) is 4.46. The van der Waals surface area contributed by atoms with Crippen LogP contribution in [0.25, 0.3) is 0 Å². The van der Waals surface area contributed by atoms with Crippen molar-refractivity contribution in [1.82, 2.24) is 5.32 Å². The van der Waals surface area contributed by atoms with Gasteiger partial charge in [-0.1, -0.05) is 6.07 Å². The predicted octanol–water partition coefficient (Wildman–Crippen LogP) is 3.16. The number of carbonyl (C=O) groups excluding carboxylic acids is 1. The normalized spacial score (nSPS) is 9.76. The summed E-state index contributed by atoms with van der Waals surface area (Å²) in [5.74, 6) is -1.38. The van der Waals surface area contributed by atoms with Crippen molar-refractivity contribution in [2.75, 3.05) is 5.32 Å². The average molecular weight is 287 g/mol. The molecule has 0 unspecified atom stereocenters. The van der Waals surface area contributed by atoms with Crippen molar-refractivity contribution in [3.8, 4) is 6.07 Å². The van der Waals surface area contributed by atoms with Gasteiger partial charge in [0.05, 0.1) is 11.6 Å². The first-order chi connectivity index (χ1) is 10.1. The predicted molar refractivity (Wildman–Crippen MR) is 73.4 cm³/mol. The second kappa shape index (κ2) is 6.48. The van der Waals surface area contributed by atoms with Crippen LogP contribution in [0, 0.1) is 23.0 Å². The van der Waals surface area contributed by atoms with E-state index in [1.807, 2.05) is 6.07 Å². The second-order valence-corrected chi connectivity index (χ2v) is 4.23. The number of hydrogen-bond acceptors (Lipinski definition) is 2. The maximum Gasteiger partial charge on any atom is 0.319 e. The minimum absolute atomic E-state index is 0.0613. The van der Waals surface area contributed by atoms with Crippen LogP contribution in [0.1, 0.15) is 11.1 Å². The molecule has 2 amide bonds. The van der Waals surface area contributed by atoms with E-state index in [4.69, 9.17) is 5.26 Å². The highest BCUT2D eigenvalue weighted by atomic mass is 19.1. The minimum atomic E-state index is -0.714. The zero-order valence-corrected chi connectivity index (χ0v) is 10.9. The van der Waals surface area contributed by atoms with E-state index in [-0.39, 0.29) is 12.1 Å². The maximum atomic E-state index is 13.4. The molecule has 2 aromatic rings. The van der Waals surface area contributed by atoms with E-state index in [1.54, 1.807) is 24.3 Å². The molecule has 2 N–H and O–H groups in total. The first-order valence-corrected chi connectivity index (χ1v) is 6.07. The molecule has 4 nitrogen and oxygen atoms in total. The lowest BCUT2D eigenvalue weighted by Crippen LogP contribution is -2.28. The Hall–Kier alpha value is -2.94. The molecule has 0 bridgehead atoms. The number of nitrogens with one attached hydrogen (secondary N) is 2. The summed E-state index contributed by atoms with van der Waals surface area (Å²) in [6.45, 7) is -0.0613. The van der Waals surface area contributed by atoms with Gasteiger partial charge in [-0.15, -0.1) is 0 Å². The van der Waals surface area contributed by atoms with E-state index in [9.17, 15) is 13.6 Å². The smallest absolute Gasteiger partial charge is 0.319 e. The Labute approximate surface area is 120 Å². The summed E-state index contributed by atoms with van der Waals surface area (Å²) >= 11 is 0. The van der Waals surface area contributed by atoms with Gasteiger partial charge in [0.15, 0.2) is 0 Å². The minimum Gasteiger partial charge on any atom is -0.334 e. The summed E-state index contributed by atoms with van der Waals surface area (Å²) in [4.78, 5) is 11.6. The highest BCUT2D eigenvalue weighted by Crippen LogP contribution is 2.10. The summed E-state index contributed by atoms with van der Waals surface area (Å²) in [5.41, 5.74) is 1.17. The fraction of sp³-hybridized carbons (Fsp3) is 0.0667. The van der Waals surface area contributed by atoms with Crippen molar-refractivity contribution in [3.05, 3.63) is 65.2 Å². The highest BCUT2D eigenvalue weighted by Gasteiger charge is 2.06. The van der Waals surface area contributed by atoms with Crippen LogP contribution >= 0.6 is 0 Å². The molecule has 0 aromatic heterocycles. The second-order valence-electron chi connectivity index (χ2n) is 4.23. The molecular formula is C15H11F2N3O. The summed E-state index contributed by atoms with van der Waals surface area (Å²) in [6, 6.07) is 10.9. The topological polar surface area (TPSA) is 64.9 Å². The van der Waals surface area contributed by atoms with Crippen LogP contribution in [0.3, 0.4) is 0 Å². The Morgan fingerprint density at radius 1 is 1.14 bits per heavy atom. The van der Waals surface area contributed by atoms with Gasteiger partial charge >= 0.3 is 6.03 Å². The van der Waals surface area contributed by atoms with Crippen LogP contribution in [0.2, 0.25) is 0 Å². The van der Waals surface area contributed by atoms with Gasteiger partial charge in [-0.3, -0.25) is 0 Å². The molecule has 6 heteroatoms. The molecule has 0 saturated carbocycles. The van der Waals surface area contributed by atoms with E-state index in [1.165, 1.54) is 6.07 Å². The first-order valence-electron chi connectivity index (χ1n) is 6.07. The molecule has 0 aliphatic carbocycles. The fourth-order valence-electron chi connectivity index (χ4n) is 1.64. The van der Waals surface area contributed by atoms with Gasteiger partial charge in [0.1, 0.15) is 11.6 Å². The number of benzene rings is 2. The zero-order valence-electron chi connectivity index (χ0n) is 10.9. The Morgan fingerprint density at radius 2 is 1.86 bits per heavy atom. The van der Waals surface area contributed by atoms with E-state index in [2.05, 4.69) is 10.6 Å². The molecular weight excluding hydrogens is 276 g/mol. The largest absolute Gasteiger partial charge is 0.334 e. The summed E-state index contributed by atoms with van der Waals surface area (Å²) in [6.07, 6.45) is 0. The molecule has 0 spiro atoms. The number of amides is 2. The van der Waals surface area contributed by atoms with Gasteiger partial charge < -0.3 is 10.6 Å². The van der Waals surface area contributed by atoms with Crippen LogP contribution in [0.15, 0.2) is 42.5 Å². The summed E-state index contributed by atoms with van der Waals surface area (Å²) < 4.78 is 26.1. The summed E-state index contributed by atoms with van der Waals surface area (Å²) in [5, 5.41) is 13.7. The Balaban J connectivity index is 1.91. The molecule has 0 atom stereocenters. The van der Waals surface area contributed by atoms with Crippen LogP contribution in [-0.2, 0) is 6.54 Å². The quantitative estimate of drug-likeness (QED) is 0.910. The molecule has 0 saturated heterocycles. The van der Waals surface area contributed by atoms with Crippen molar-refractivity contribution in [2.24, 2.45) is 0 Å². The molecule has 0 aliphatic rings. The van der Waals surface area contributed by atoms with Crippen LogP contribution in [0.5, 0.6) is 0 Å². The third-order valence-electron chi connectivity index (χ3n) is 2.73. The molecule has 0 heterocycles. The van der Waals surface area contributed by atoms with E-state index in [0.717, 1.165) is 12.1 Å². The average Bonchev–Trinajstić information content (AvgIpc) is 2.47. The number of rotatable bonds is 3. The lowest BCUT2D eigenvalue weighted by atomic mass is 10.2. The number of nitrogens with zero attached hydrogens (tertiary/aromatic N) is 1. The number of hydrogen-bond donors (Lipinski definition) is 2. The highest BCUT2D eigenvalue weighted by molar-refractivity contribution is 5.89. The van der Waals surface area contributed by atoms with Gasteiger partial charge in [-0.25, -0.2) is 13.6 Å². The lowest BCUT2D eigenvalue weighted by molar-refractivity contribution is 0.251. The summed E-state index contributed by atoms with van der Waals surface area (Å²) in [7, 11) is 0. The number of urea groups is 1. The third kappa shape index (κ3) is 4.01. The van der Waals surface area contributed by atoms with Gasteiger partial charge in [0, 0.05) is 23.9 Å². The van der Waals surface area contributed by atoms with Gasteiger partial charge in [0.2, 0.25) is 0 Å². The standard InChI is InChI=1S/C15H11F2N3O/c16-12-4-3-11(14(17)7-12)9-19-15(21)20-13-5-1-10(8-18)2-6-13/h1-7H,9H2,(H2,19,20,21). The number of nitriles is 1. The molecule has 2 rings (SSSR count). The van der Waals surface area contributed by atoms with Crippen LogP contribution < -0.4 is 10.6 Å². The Morgan fingerprint density at radius 3 is 2.48 bits per heavy atom. The monoisotopic (exact) mass is 287 g/mol. The molecule has 0 radical (unpaired) electrons. The number of anilines is 1. The van der Waals surface area contributed by atoms with E-state index < -0.39 is 17.7 Å². The van der Waals surface area contributed by atoms with Crippen LogP contribution in [0.4, 0.5) is 19.3 Å². The number of carbonyl (C=O) groups is 1. The zero-order chi connectivity index (χ0) is 15.2. The first kappa shape index (κ1) is 14.5. The SMILES string of the molecule is N#Cc1ccc(NC(=O)NCc2ccc(F)cc2F)cc1. The fourth-order valence-corrected chi connectivity index (χ4v) is 1.64.